The number of rotatable bonds is 6. The van der Waals surface area contributed by atoms with E-state index in [1.807, 2.05) is 38.0 Å². The molecule has 0 radical (unpaired) electrons. The van der Waals surface area contributed by atoms with Crippen molar-refractivity contribution in [3.05, 3.63) is 11.9 Å². The van der Waals surface area contributed by atoms with Gasteiger partial charge in [-0.05, 0) is 0 Å². The molecule has 88 valence electrons. The van der Waals surface area contributed by atoms with Gasteiger partial charge >= 0.3 is 0 Å². The molecule has 0 saturated heterocycles. The highest BCUT2D eigenvalue weighted by Gasteiger charge is 2.16. The summed E-state index contributed by atoms with van der Waals surface area (Å²) in [6.45, 7) is 0. The maximum Gasteiger partial charge on any atom is 0.221 e. The number of methoxy groups -OCH3 is 2. The Morgan fingerprint density at radius 2 is 1.47 bits per heavy atom. The first kappa shape index (κ1) is 13.9. The number of nitrogens with zero attached hydrogens (tertiary/aromatic N) is 2. The number of ketones is 1. The van der Waals surface area contributed by atoms with Crippen molar-refractivity contribution in [2.24, 2.45) is 0 Å². The zero-order valence-corrected chi connectivity index (χ0v) is 10.3. The van der Waals surface area contributed by atoms with Crippen LogP contribution in [0.5, 0.6) is 0 Å². The summed E-state index contributed by atoms with van der Waals surface area (Å²) in [5.74, 6) is 0.580. The van der Waals surface area contributed by atoms with Gasteiger partial charge in [-0.1, -0.05) is 0 Å². The first-order valence-corrected chi connectivity index (χ1v) is 4.59. The Hall–Kier alpha value is -1.07. The standard InChI is InChI=1S/C10H20N2O3/c1-11(2)9(12(3)4)7-8(13)10(14-5)15-6/h7,10H,1-6H3. The Kier molecular flexibility index (Phi) is 5.96. The molecule has 0 N–H and O–H groups in total. The van der Waals surface area contributed by atoms with E-state index in [1.165, 1.54) is 20.3 Å². The molecule has 0 heterocycles. The van der Waals surface area contributed by atoms with Crippen LogP contribution < -0.4 is 0 Å². The lowest BCUT2D eigenvalue weighted by Gasteiger charge is -2.24. The third kappa shape index (κ3) is 4.31. The second kappa shape index (κ2) is 6.42. The van der Waals surface area contributed by atoms with Crippen LogP contribution in [0.1, 0.15) is 0 Å². The molecule has 0 aromatic carbocycles. The number of ether oxygens (including phenoxy) is 2. The van der Waals surface area contributed by atoms with Crippen molar-refractivity contribution in [1.82, 2.24) is 9.80 Å². The number of carbonyl (C=O) groups is 1. The summed E-state index contributed by atoms with van der Waals surface area (Å²) in [4.78, 5) is 15.3. The summed E-state index contributed by atoms with van der Waals surface area (Å²) in [6, 6.07) is 0. The Bertz CT molecular complexity index is 223. The topological polar surface area (TPSA) is 42.0 Å². The van der Waals surface area contributed by atoms with E-state index in [0.717, 1.165) is 5.82 Å². The summed E-state index contributed by atoms with van der Waals surface area (Å²) in [5, 5.41) is 0. The number of hydrogen-bond acceptors (Lipinski definition) is 5. The normalized spacial score (nSPS) is 10.1. The molecular formula is C10H20N2O3. The van der Waals surface area contributed by atoms with Crippen LogP contribution in [0.4, 0.5) is 0 Å². The van der Waals surface area contributed by atoms with Crippen molar-refractivity contribution in [3.63, 3.8) is 0 Å². The van der Waals surface area contributed by atoms with Crippen LogP contribution in [0.15, 0.2) is 11.9 Å². The predicted molar refractivity (Wildman–Crippen MR) is 58.3 cm³/mol. The molecule has 0 rings (SSSR count). The SMILES string of the molecule is COC(OC)C(=O)C=C(N(C)C)N(C)C. The first-order valence-electron chi connectivity index (χ1n) is 4.59. The molecule has 0 aliphatic rings. The zero-order valence-electron chi connectivity index (χ0n) is 10.3. The van der Waals surface area contributed by atoms with Crippen LogP contribution in [0.25, 0.3) is 0 Å². The minimum absolute atomic E-state index is 0.211. The van der Waals surface area contributed by atoms with E-state index in [4.69, 9.17) is 9.47 Å². The molecule has 0 aliphatic heterocycles. The van der Waals surface area contributed by atoms with E-state index in [-0.39, 0.29) is 5.78 Å². The van der Waals surface area contributed by atoms with Gasteiger partial charge in [0.15, 0.2) is 0 Å². The van der Waals surface area contributed by atoms with Gasteiger partial charge in [-0.3, -0.25) is 4.79 Å². The Morgan fingerprint density at radius 3 is 1.73 bits per heavy atom. The summed E-state index contributed by atoms with van der Waals surface area (Å²) in [6.07, 6.45) is 0.664. The maximum atomic E-state index is 11.6. The predicted octanol–water partition coefficient (Wildman–Crippen LogP) is 0.139. The molecule has 15 heavy (non-hydrogen) atoms. The first-order chi connectivity index (χ1) is 6.93. The zero-order chi connectivity index (χ0) is 12.0. The number of hydrogen-bond donors (Lipinski definition) is 0. The van der Waals surface area contributed by atoms with E-state index in [9.17, 15) is 4.79 Å². The van der Waals surface area contributed by atoms with Gasteiger partial charge in [0, 0.05) is 48.5 Å². The highest BCUT2D eigenvalue weighted by molar-refractivity contribution is 5.92. The smallest absolute Gasteiger partial charge is 0.221 e. The molecule has 5 heteroatoms. The lowest BCUT2D eigenvalue weighted by Crippen LogP contribution is -2.29. The lowest BCUT2D eigenvalue weighted by molar-refractivity contribution is -0.151. The van der Waals surface area contributed by atoms with Crippen molar-refractivity contribution >= 4 is 5.78 Å². The molecular weight excluding hydrogens is 196 g/mol. The molecule has 0 aromatic rings. The molecule has 0 atom stereocenters. The van der Waals surface area contributed by atoms with Crippen molar-refractivity contribution < 1.29 is 14.3 Å². The van der Waals surface area contributed by atoms with E-state index < -0.39 is 6.29 Å². The van der Waals surface area contributed by atoms with Crippen molar-refractivity contribution in [2.75, 3.05) is 42.4 Å². The fourth-order valence-corrected chi connectivity index (χ4v) is 1.18. The maximum absolute atomic E-state index is 11.6. The fraction of sp³-hybridized carbons (Fsp3) is 0.700. The van der Waals surface area contributed by atoms with E-state index in [0.29, 0.717) is 0 Å². The van der Waals surface area contributed by atoms with Crippen LogP contribution >= 0.6 is 0 Å². The largest absolute Gasteiger partial charge is 0.364 e. The molecule has 0 bridgehead atoms. The molecule has 0 aromatic heterocycles. The molecule has 0 spiro atoms. The minimum atomic E-state index is -0.833. The summed E-state index contributed by atoms with van der Waals surface area (Å²) < 4.78 is 9.74. The van der Waals surface area contributed by atoms with Crippen LogP contribution in [-0.2, 0) is 14.3 Å². The lowest BCUT2D eigenvalue weighted by atomic mass is 10.3. The third-order valence-corrected chi connectivity index (χ3v) is 1.85. The fourth-order valence-electron chi connectivity index (χ4n) is 1.18. The molecule has 0 amide bonds. The number of carbonyl (C=O) groups excluding carboxylic acids is 1. The Labute approximate surface area is 91.2 Å². The van der Waals surface area contributed by atoms with Gasteiger partial charge < -0.3 is 19.3 Å². The van der Waals surface area contributed by atoms with Gasteiger partial charge in [-0.15, -0.1) is 0 Å². The van der Waals surface area contributed by atoms with Crippen molar-refractivity contribution in [3.8, 4) is 0 Å². The van der Waals surface area contributed by atoms with Crippen molar-refractivity contribution in [2.45, 2.75) is 6.29 Å². The van der Waals surface area contributed by atoms with Gasteiger partial charge in [0.25, 0.3) is 0 Å². The molecule has 5 nitrogen and oxygen atoms in total. The van der Waals surface area contributed by atoms with Gasteiger partial charge in [0.2, 0.25) is 12.1 Å². The van der Waals surface area contributed by atoms with Gasteiger partial charge in [-0.25, -0.2) is 0 Å². The van der Waals surface area contributed by atoms with Gasteiger partial charge in [0.1, 0.15) is 5.82 Å². The molecule has 0 saturated carbocycles. The molecule has 0 unspecified atom stereocenters. The molecule has 0 aliphatic carbocycles. The average molecular weight is 216 g/mol. The molecule has 0 fully saturated rings. The second-order valence-corrected chi connectivity index (χ2v) is 3.50. The van der Waals surface area contributed by atoms with Crippen LogP contribution in [0.2, 0.25) is 0 Å². The van der Waals surface area contributed by atoms with Crippen LogP contribution in [-0.4, -0.2) is 64.3 Å². The monoisotopic (exact) mass is 216 g/mol. The summed E-state index contributed by atoms with van der Waals surface area (Å²) in [7, 11) is 10.3. The summed E-state index contributed by atoms with van der Waals surface area (Å²) in [5.41, 5.74) is 0. The highest BCUT2D eigenvalue weighted by atomic mass is 16.7. The highest BCUT2D eigenvalue weighted by Crippen LogP contribution is 2.04. The van der Waals surface area contributed by atoms with E-state index in [2.05, 4.69) is 0 Å². The Morgan fingerprint density at radius 1 is 1.07 bits per heavy atom. The Balaban J connectivity index is 4.74. The van der Waals surface area contributed by atoms with Crippen molar-refractivity contribution in [1.29, 1.82) is 0 Å². The van der Waals surface area contributed by atoms with Crippen LogP contribution in [0.3, 0.4) is 0 Å². The second-order valence-electron chi connectivity index (χ2n) is 3.50. The summed E-state index contributed by atoms with van der Waals surface area (Å²) >= 11 is 0. The quantitative estimate of drug-likeness (QED) is 0.466. The van der Waals surface area contributed by atoms with Gasteiger partial charge in [-0.2, -0.15) is 0 Å². The van der Waals surface area contributed by atoms with E-state index >= 15 is 0 Å². The van der Waals surface area contributed by atoms with Gasteiger partial charge in [0.05, 0.1) is 0 Å². The van der Waals surface area contributed by atoms with E-state index in [1.54, 1.807) is 0 Å². The van der Waals surface area contributed by atoms with Crippen LogP contribution in [0, 0.1) is 0 Å². The third-order valence-electron chi connectivity index (χ3n) is 1.85. The average Bonchev–Trinajstić information content (AvgIpc) is 2.15. The minimum Gasteiger partial charge on any atom is -0.364 e.